The topological polar surface area (TPSA) is 114 Å². The second-order valence-electron chi connectivity index (χ2n) is 9.44. The Balaban J connectivity index is 1.30. The number of ether oxygens (including phenoxy) is 3. The Hall–Kier alpha value is -4.25. The Morgan fingerprint density at radius 2 is 1.62 bits per heavy atom. The first-order chi connectivity index (χ1) is 19.1. The van der Waals surface area contributed by atoms with Gasteiger partial charge in [-0.05, 0) is 62.1 Å². The summed E-state index contributed by atoms with van der Waals surface area (Å²) in [5.41, 5.74) is 5.24. The number of rotatable bonds is 8. The number of carbonyl (C=O) groups excluding carboxylic acids is 1. The van der Waals surface area contributed by atoms with Crippen LogP contribution in [-0.4, -0.2) is 73.6 Å². The number of methoxy groups -OCH3 is 1. The van der Waals surface area contributed by atoms with Gasteiger partial charge in [0, 0.05) is 26.2 Å². The van der Waals surface area contributed by atoms with Gasteiger partial charge in [0.05, 0.1) is 32.1 Å². The summed E-state index contributed by atoms with van der Waals surface area (Å²) < 4.78 is 16.5. The lowest BCUT2D eigenvalue weighted by atomic mass is 10.1. The van der Waals surface area contributed by atoms with E-state index in [1.807, 2.05) is 19.1 Å². The predicted octanol–water partition coefficient (Wildman–Crippen LogP) is 3.68. The van der Waals surface area contributed by atoms with E-state index in [1.165, 1.54) is 13.5 Å². The van der Waals surface area contributed by atoms with E-state index in [0.717, 1.165) is 50.1 Å². The summed E-state index contributed by atoms with van der Waals surface area (Å²) in [5, 5.41) is 4.35. The van der Waals surface area contributed by atoms with Crippen molar-refractivity contribution in [2.75, 3.05) is 61.7 Å². The molecule has 3 heterocycles. The van der Waals surface area contributed by atoms with Crippen LogP contribution >= 0.6 is 0 Å². The van der Waals surface area contributed by atoms with Crippen LogP contribution in [0.4, 0.5) is 17.8 Å². The van der Waals surface area contributed by atoms with Crippen molar-refractivity contribution in [2.24, 2.45) is 5.10 Å². The van der Waals surface area contributed by atoms with Crippen molar-refractivity contribution in [1.82, 2.24) is 15.0 Å². The van der Waals surface area contributed by atoms with Gasteiger partial charge in [-0.25, -0.2) is 10.2 Å². The van der Waals surface area contributed by atoms with E-state index in [2.05, 4.69) is 30.3 Å². The van der Waals surface area contributed by atoms with Gasteiger partial charge >= 0.3 is 5.97 Å². The summed E-state index contributed by atoms with van der Waals surface area (Å²) in [4.78, 5) is 30.9. The predicted molar refractivity (Wildman–Crippen MR) is 149 cm³/mol. The van der Waals surface area contributed by atoms with Gasteiger partial charge in [0.25, 0.3) is 0 Å². The lowest BCUT2D eigenvalue weighted by Gasteiger charge is -2.30. The summed E-state index contributed by atoms with van der Waals surface area (Å²) in [6.45, 7) is 6.56. The summed E-state index contributed by atoms with van der Waals surface area (Å²) in [5.74, 6) is 1.94. The first-order valence-corrected chi connectivity index (χ1v) is 13.2. The van der Waals surface area contributed by atoms with Crippen molar-refractivity contribution in [3.05, 3.63) is 59.2 Å². The number of hydrogen-bond acceptors (Lipinski definition) is 11. The van der Waals surface area contributed by atoms with Gasteiger partial charge in [-0.15, -0.1) is 0 Å². The van der Waals surface area contributed by atoms with E-state index >= 15 is 0 Å². The fourth-order valence-corrected chi connectivity index (χ4v) is 4.41. The zero-order chi connectivity index (χ0) is 27.0. The Morgan fingerprint density at radius 1 is 0.923 bits per heavy atom. The van der Waals surface area contributed by atoms with Crippen LogP contribution in [-0.2, 0) is 4.74 Å². The molecule has 3 aromatic rings. The SMILES string of the molecule is COc1cc(/C=N\Nc2nc(N3CCCCC3)nc(N3CCOCC3)n2)ccc1OC(=O)c1ccc(C)cc1. The maximum Gasteiger partial charge on any atom is 0.343 e. The number of aryl methyl sites for hydroxylation is 1. The zero-order valence-corrected chi connectivity index (χ0v) is 22.3. The van der Waals surface area contributed by atoms with E-state index in [4.69, 9.17) is 19.2 Å². The van der Waals surface area contributed by atoms with Gasteiger partial charge in [-0.3, -0.25) is 0 Å². The van der Waals surface area contributed by atoms with Crippen molar-refractivity contribution >= 4 is 30.0 Å². The van der Waals surface area contributed by atoms with E-state index < -0.39 is 5.97 Å². The molecule has 39 heavy (non-hydrogen) atoms. The van der Waals surface area contributed by atoms with Crippen LogP contribution in [0.15, 0.2) is 47.6 Å². The minimum atomic E-state index is -0.452. The number of aromatic nitrogens is 3. The number of morpholine rings is 1. The Labute approximate surface area is 227 Å². The number of anilines is 3. The molecule has 0 saturated carbocycles. The molecule has 0 aliphatic carbocycles. The molecule has 0 amide bonds. The molecule has 5 rings (SSSR count). The molecular formula is C28H33N7O4. The molecule has 2 saturated heterocycles. The molecule has 2 aromatic carbocycles. The minimum absolute atomic E-state index is 0.326. The Kier molecular flexibility index (Phi) is 8.47. The molecule has 1 aromatic heterocycles. The highest BCUT2D eigenvalue weighted by molar-refractivity contribution is 5.91. The van der Waals surface area contributed by atoms with E-state index in [-0.39, 0.29) is 0 Å². The Bertz CT molecular complexity index is 1270. The second kappa shape index (κ2) is 12.5. The van der Waals surface area contributed by atoms with Crippen molar-refractivity contribution in [2.45, 2.75) is 26.2 Å². The number of esters is 1. The van der Waals surface area contributed by atoms with Crippen molar-refractivity contribution in [1.29, 1.82) is 0 Å². The summed E-state index contributed by atoms with van der Waals surface area (Å²) in [7, 11) is 1.53. The highest BCUT2D eigenvalue weighted by atomic mass is 16.6. The van der Waals surface area contributed by atoms with Crippen LogP contribution < -0.4 is 24.7 Å². The molecule has 11 nitrogen and oxygen atoms in total. The number of hydrazone groups is 1. The van der Waals surface area contributed by atoms with Crippen LogP contribution in [0.5, 0.6) is 11.5 Å². The third kappa shape index (κ3) is 6.80. The molecule has 2 aliphatic heterocycles. The fraction of sp³-hybridized carbons (Fsp3) is 0.393. The van der Waals surface area contributed by atoms with Gasteiger partial charge in [0.2, 0.25) is 17.8 Å². The van der Waals surface area contributed by atoms with Gasteiger partial charge in [0.1, 0.15) is 0 Å². The number of nitrogens with one attached hydrogen (secondary N) is 1. The molecule has 0 spiro atoms. The standard InChI is InChI=1S/C28H33N7O4/c1-20-6-9-22(10-7-20)25(36)39-23-11-8-21(18-24(23)37-2)19-29-33-26-30-27(34-12-4-3-5-13-34)32-28(31-26)35-14-16-38-17-15-35/h6-11,18-19H,3-5,12-17H2,1-2H3,(H,30,31,32,33)/b29-19-. The molecule has 2 aliphatic rings. The number of hydrogen-bond donors (Lipinski definition) is 1. The smallest absolute Gasteiger partial charge is 0.343 e. The maximum absolute atomic E-state index is 12.5. The summed E-state index contributed by atoms with van der Waals surface area (Å²) in [6, 6.07) is 12.4. The quantitative estimate of drug-likeness (QED) is 0.200. The largest absolute Gasteiger partial charge is 0.493 e. The van der Waals surface area contributed by atoms with Crippen LogP contribution in [0.1, 0.15) is 40.7 Å². The number of piperidine rings is 1. The third-order valence-electron chi connectivity index (χ3n) is 6.60. The van der Waals surface area contributed by atoms with Gasteiger partial charge in [0.15, 0.2) is 11.5 Å². The van der Waals surface area contributed by atoms with Crippen molar-refractivity contribution < 1.29 is 19.0 Å². The molecule has 1 N–H and O–H groups in total. The number of benzene rings is 2. The molecule has 0 unspecified atom stereocenters. The molecule has 2 fully saturated rings. The minimum Gasteiger partial charge on any atom is -0.493 e. The normalized spacial score (nSPS) is 15.8. The molecular weight excluding hydrogens is 498 g/mol. The Morgan fingerprint density at radius 3 is 2.31 bits per heavy atom. The van der Waals surface area contributed by atoms with Crippen LogP contribution in [0.25, 0.3) is 0 Å². The monoisotopic (exact) mass is 531 g/mol. The highest BCUT2D eigenvalue weighted by Crippen LogP contribution is 2.28. The average molecular weight is 532 g/mol. The lowest BCUT2D eigenvalue weighted by molar-refractivity contribution is 0.0729. The van der Waals surface area contributed by atoms with Crippen molar-refractivity contribution in [3.63, 3.8) is 0 Å². The zero-order valence-electron chi connectivity index (χ0n) is 22.3. The molecule has 0 radical (unpaired) electrons. The lowest BCUT2D eigenvalue weighted by Crippen LogP contribution is -2.38. The fourth-order valence-electron chi connectivity index (χ4n) is 4.41. The molecule has 204 valence electrons. The first kappa shape index (κ1) is 26.4. The third-order valence-corrected chi connectivity index (χ3v) is 6.60. The van der Waals surface area contributed by atoms with Gasteiger partial charge < -0.3 is 24.0 Å². The van der Waals surface area contributed by atoms with Crippen LogP contribution in [0, 0.1) is 6.92 Å². The van der Waals surface area contributed by atoms with Crippen molar-refractivity contribution in [3.8, 4) is 11.5 Å². The number of nitrogens with zero attached hydrogens (tertiary/aromatic N) is 6. The van der Waals surface area contributed by atoms with E-state index in [1.54, 1.807) is 36.5 Å². The van der Waals surface area contributed by atoms with Crippen LogP contribution in [0.3, 0.4) is 0 Å². The summed E-state index contributed by atoms with van der Waals surface area (Å²) in [6.07, 6.45) is 5.10. The molecule has 11 heteroatoms. The average Bonchev–Trinajstić information content (AvgIpc) is 2.99. The van der Waals surface area contributed by atoms with E-state index in [9.17, 15) is 4.79 Å². The molecule has 0 bridgehead atoms. The second-order valence-corrected chi connectivity index (χ2v) is 9.44. The number of carbonyl (C=O) groups is 1. The maximum atomic E-state index is 12.5. The summed E-state index contributed by atoms with van der Waals surface area (Å²) >= 11 is 0. The highest BCUT2D eigenvalue weighted by Gasteiger charge is 2.20. The van der Waals surface area contributed by atoms with Gasteiger partial charge in [-0.1, -0.05) is 17.7 Å². The van der Waals surface area contributed by atoms with E-state index in [0.29, 0.717) is 48.1 Å². The molecule has 0 atom stereocenters. The van der Waals surface area contributed by atoms with Crippen LogP contribution in [0.2, 0.25) is 0 Å². The first-order valence-electron chi connectivity index (χ1n) is 13.2. The van der Waals surface area contributed by atoms with Gasteiger partial charge in [-0.2, -0.15) is 20.1 Å².